The maximum atomic E-state index is 14.7. The van der Waals surface area contributed by atoms with Crippen molar-refractivity contribution < 1.29 is 62.0 Å². The summed E-state index contributed by atoms with van der Waals surface area (Å²) in [4.78, 5) is 0. The summed E-state index contributed by atoms with van der Waals surface area (Å²) in [7, 11) is -2.87. The summed E-state index contributed by atoms with van der Waals surface area (Å²) in [5.74, 6) is -31.2. The highest BCUT2D eigenvalue weighted by Gasteiger charge is 2.38. The topological polar surface area (TPSA) is 18.5 Å². The Kier molecular flexibility index (Phi) is 6.65. The minimum Gasteiger partial charge on any atom is -0.518 e. The van der Waals surface area contributed by atoms with Crippen molar-refractivity contribution in [1.29, 1.82) is 0 Å². The molecule has 0 atom stereocenters. The molecule has 0 amide bonds. The van der Waals surface area contributed by atoms with Gasteiger partial charge in [0.2, 0.25) is 34.9 Å². The highest BCUT2D eigenvalue weighted by Crippen LogP contribution is 2.32. The Morgan fingerprint density at radius 3 is 1.54 bits per heavy atom. The van der Waals surface area contributed by atoms with Crippen molar-refractivity contribution in [2.45, 2.75) is 0 Å². The van der Waals surface area contributed by atoms with Crippen molar-refractivity contribution in [3.05, 3.63) is 100 Å². The third-order valence-corrected chi connectivity index (χ3v) is 5.01. The molecule has 0 aliphatic heterocycles. The Bertz CT molecular complexity index is 1550. The molecule has 4 aromatic carbocycles. The van der Waals surface area contributed by atoms with Crippen LogP contribution in [0.5, 0.6) is 11.5 Å². The lowest BCUT2D eigenvalue weighted by Gasteiger charge is -2.20. The first-order chi connectivity index (χ1) is 17.4. The molecular weight excluding hydrogens is 535 g/mol. The van der Waals surface area contributed by atoms with Crippen LogP contribution in [0, 0.1) is 69.8 Å². The average Bonchev–Trinajstić information content (AvgIpc) is 2.89. The average molecular weight is 540 g/mol. The van der Waals surface area contributed by atoms with Gasteiger partial charge < -0.3 is 9.31 Å². The van der Waals surface area contributed by atoms with Gasteiger partial charge in [-0.2, -0.15) is 13.2 Å². The van der Waals surface area contributed by atoms with E-state index in [1.54, 1.807) is 0 Å². The van der Waals surface area contributed by atoms with Crippen molar-refractivity contribution in [3.63, 3.8) is 0 Å². The fourth-order valence-corrected chi connectivity index (χ4v) is 3.28. The molecule has 0 N–H and O–H groups in total. The maximum Gasteiger partial charge on any atom is 0.633 e. The number of hydrogen-bond acceptors (Lipinski definition) is 2. The molecule has 0 radical (unpaired) electrons. The van der Waals surface area contributed by atoms with E-state index in [4.69, 9.17) is 4.65 Å². The molecule has 0 fully saturated rings. The third kappa shape index (κ3) is 4.17. The van der Waals surface area contributed by atoms with Gasteiger partial charge in [-0.1, -0.05) is 18.2 Å². The molecule has 4 aromatic rings. The molecule has 4 rings (SSSR count). The number of fused-ring (bicyclic) bond motifs is 1. The number of rotatable bonds is 5. The molecule has 2 nitrogen and oxygen atoms in total. The molecule has 15 heteroatoms. The second-order valence-electron chi connectivity index (χ2n) is 7.16. The quantitative estimate of drug-likeness (QED) is 0.127. The molecule has 0 aromatic heterocycles. The zero-order chi connectivity index (χ0) is 27.3. The fraction of sp³-hybridized carbons (Fsp3) is 0. The van der Waals surface area contributed by atoms with E-state index in [0.29, 0.717) is 18.2 Å². The molecule has 0 bridgehead atoms. The summed E-state index contributed by atoms with van der Waals surface area (Å²) in [6, 6.07) is 2.67. The lowest BCUT2D eigenvalue weighted by molar-refractivity contribution is 0.328. The van der Waals surface area contributed by atoms with Crippen LogP contribution in [0.4, 0.5) is 52.7 Å². The van der Waals surface area contributed by atoms with Crippen molar-refractivity contribution in [3.8, 4) is 11.5 Å². The number of benzene rings is 4. The van der Waals surface area contributed by atoms with Gasteiger partial charge in [0.25, 0.3) is 0 Å². The van der Waals surface area contributed by atoms with E-state index in [1.165, 1.54) is 0 Å². The Hall–Kier alpha value is -4.04. The lowest BCUT2D eigenvalue weighted by Crippen LogP contribution is -2.44. The Morgan fingerprint density at radius 2 is 0.919 bits per heavy atom. The molecule has 0 aliphatic carbocycles. The summed E-state index contributed by atoms with van der Waals surface area (Å²) in [6.07, 6.45) is 0. The summed E-state index contributed by atoms with van der Waals surface area (Å²) in [6.45, 7) is 0. The second-order valence-corrected chi connectivity index (χ2v) is 7.16. The number of halogens is 12. The molecule has 0 saturated heterocycles. The van der Waals surface area contributed by atoms with Gasteiger partial charge >= 0.3 is 7.12 Å². The van der Waals surface area contributed by atoms with Crippen LogP contribution in [-0.2, 0) is 0 Å². The van der Waals surface area contributed by atoms with Crippen LogP contribution in [0.3, 0.4) is 0 Å². The predicted octanol–water partition coefficient (Wildman–Crippen LogP) is 6.36. The molecule has 192 valence electrons. The van der Waals surface area contributed by atoms with Crippen molar-refractivity contribution in [2.75, 3.05) is 0 Å². The van der Waals surface area contributed by atoms with Gasteiger partial charge in [-0.15, -0.1) is 0 Å². The van der Waals surface area contributed by atoms with Crippen LogP contribution in [0.1, 0.15) is 0 Å². The lowest BCUT2D eigenvalue weighted by atomic mass is 9.75. The van der Waals surface area contributed by atoms with Crippen molar-refractivity contribution in [2.24, 2.45) is 0 Å². The zero-order valence-electron chi connectivity index (χ0n) is 17.3. The van der Waals surface area contributed by atoms with E-state index >= 15 is 0 Å². The van der Waals surface area contributed by atoms with Gasteiger partial charge in [0.05, 0.1) is 0 Å². The SMILES string of the molecule is Fc1ccc(F)c(OB(Oc2c(F)c(F)c(F)c(F)c2F)c2cccc3c(F)c(F)c(F)c(F)c23)c1F. The van der Waals surface area contributed by atoms with Gasteiger partial charge in [-0.25, -0.2) is 39.5 Å². The van der Waals surface area contributed by atoms with Crippen LogP contribution in [0.25, 0.3) is 10.8 Å². The Morgan fingerprint density at radius 1 is 0.432 bits per heavy atom. The van der Waals surface area contributed by atoms with E-state index in [0.717, 1.165) is 6.07 Å². The Labute approximate surface area is 197 Å². The van der Waals surface area contributed by atoms with Crippen LogP contribution < -0.4 is 14.8 Å². The molecule has 0 spiro atoms. The zero-order valence-corrected chi connectivity index (χ0v) is 17.3. The highest BCUT2D eigenvalue weighted by atomic mass is 19.2. The summed E-state index contributed by atoms with van der Waals surface area (Å²) in [5, 5.41) is -2.33. The normalized spacial score (nSPS) is 11.2. The van der Waals surface area contributed by atoms with E-state index in [-0.39, 0.29) is 6.07 Å². The summed E-state index contributed by atoms with van der Waals surface area (Å²) < 4.78 is 177. The highest BCUT2D eigenvalue weighted by molar-refractivity contribution is 6.65. The second kappa shape index (κ2) is 9.44. The van der Waals surface area contributed by atoms with E-state index < -0.39 is 105 Å². The van der Waals surface area contributed by atoms with Gasteiger partial charge in [-0.3, -0.25) is 0 Å². The Balaban J connectivity index is 2.02. The van der Waals surface area contributed by atoms with Gasteiger partial charge in [-0.05, 0) is 12.1 Å². The smallest absolute Gasteiger partial charge is 0.518 e. The first kappa shape index (κ1) is 26.0. The maximum absolute atomic E-state index is 14.7. The third-order valence-electron chi connectivity index (χ3n) is 5.01. The molecule has 0 heterocycles. The summed E-state index contributed by atoms with van der Waals surface area (Å²) >= 11 is 0. The van der Waals surface area contributed by atoms with Gasteiger partial charge in [0.1, 0.15) is 0 Å². The van der Waals surface area contributed by atoms with E-state index in [9.17, 15) is 52.7 Å². The van der Waals surface area contributed by atoms with Crippen LogP contribution in [0.15, 0.2) is 30.3 Å². The van der Waals surface area contributed by atoms with Crippen molar-refractivity contribution >= 4 is 23.4 Å². The number of hydrogen-bond donors (Lipinski definition) is 0. The largest absolute Gasteiger partial charge is 0.633 e. The van der Waals surface area contributed by atoms with Gasteiger partial charge in [0, 0.05) is 16.2 Å². The van der Waals surface area contributed by atoms with Gasteiger partial charge in [0.15, 0.2) is 46.4 Å². The minimum atomic E-state index is -2.87. The first-order valence-electron chi connectivity index (χ1n) is 9.59. The fourth-order valence-electron chi connectivity index (χ4n) is 3.28. The standard InChI is InChI=1S/C22H5BF12O2/c24-8-4-5-9(25)21(12(8)27)36-23(37-22-19(34)17(32)16(31)18(33)20(22)35)7-3-1-2-6-10(7)13(28)15(30)14(29)11(6)26/h1-5H. The minimum absolute atomic E-state index is 0.280. The molecule has 0 unspecified atom stereocenters. The molecule has 0 saturated carbocycles. The summed E-state index contributed by atoms with van der Waals surface area (Å²) in [5.41, 5.74) is -1.08. The molecule has 0 aliphatic rings. The van der Waals surface area contributed by atoms with E-state index in [2.05, 4.69) is 4.65 Å². The molecular formula is C22H5BF12O2. The van der Waals surface area contributed by atoms with Crippen molar-refractivity contribution in [1.82, 2.24) is 0 Å². The predicted molar refractivity (Wildman–Crippen MR) is 103 cm³/mol. The monoisotopic (exact) mass is 540 g/mol. The molecule has 37 heavy (non-hydrogen) atoms. The van der Waals surface area contributed by atoms with E-state index in [1.807, 2.05) is 0 Å². The van der Waals surface area contributed by atoms with Crippen LogP contribution >= 0.6 is 0 Å². The first-order valence-corrected chi connectivity index (χ1v) is 9.59. The van der Waals surface area contributed by atoms with Crippen LogP contribution in [0.2, 0.25) is 0 Å². The van der Waals surface area contributed by atoms with Crippen LogP contribution in [-0.4, -0.2) is 7.12 Å².